The molecule has 18 heavy (non-hydrogen) atoms. The van der Waals surface area contributed by atoms with Crippen molar-refractivity contribution in [3.63, 3.8) is 0 Å². The molecule has 1 aromatic carbocycles. The fourth-order valence-corrected chi connectivity index (χ4v) is 2.54. The first-order valence-corrected chi connectivity index (χ1v) is 6.78. The molecule has 5 heteroatoms. The number of likely N-dealkylation sites (tertiary alicyclic amines) is 1. The van der Waals surface area contributed by atoms with Crippen molar-refractivity contribution in [2.75, 3.05) is 25.9 Å². The maximum absolute atomic E-state index is 12.3. The van der Waals surface area contributed by atoms with Gasteiger partial charge in [-0.3, -0.25) is 4.79 Å². The maximum atomic E-state index is 12.3. The molecule has 0 aliphatic carbocycles. The molecular weight excluding hydrogens is 296 g/mol. The van der Waals surface area contributed by atoms with Crippen LogP contribution in [0, 0.1) is 0 Å². The molecule has 98 valence electrons. The highest BCUT2D eigenvalue weighted by Crippen LogP contribution is 2.22. The minimum absolute atomic E-state index is 0.0393. The van der Waals surface area contributed by atoms with Crippen molar-refractivity contribution in [3.05, 3.63) is 28.2 Å². The van der Waals surface area contributed by atoms with Crippen LogP contribution in [0.5, 0.6) is 0 Å². The largest absolute Gasteiger partial charge is 0.398 e. The molecule has 1 saturated heterocycles. The van der Waals surface area contributed by atoms with Crippen molar-refractivity contribution in [1.82, 2.24) is 4.90 Å². The monoisotopic (exact) mass is 312 g/mol. The summed E-state index contributed by atoms with van der Waals surface area (Å²) in [6.07, 6.45) is 2.16. The number of nitrogens with zero attached hydrogens (tertiary/aromatic N) is 1. The molecule has 0 radical (unpaired) electrons. The predicted octanol–water partition coefficient (Wildman–Crippen LogP) is 2.28. The lowest BCUT2D eigenvalue weighted by Gasteiger charge is -2.32. The highest BCUT2D eigenvalue weighted by Gasteiger charge is 2.24. The number of ether oxygens (including phenoxy) is 1. The quantitative estimate of drug-likeness (QED) is 0.852. The van der Waals surface area contributed by atoms with Gasteiger partial charge in [0.05, 0.1) is 6.10 Å². The molecule has 1 aromatic rings. The number of hydrogen-bond acceptors (Lipinski definition) is 3. The topological polar surface area (TPSA) is 55.6 Å². The molecule has 1 atom stereocenters. The smallest absolute Gasteiger partial charge is 0.253 e. The van der Waals surface area contributed by atoms with Crippen LogP contribution in [0.3, 0.4) is 0 Å². The molecule has 4 nitrogen and oxygen atoms in total. The normalized spacial score (nSPS) is 19.9. The van der Waals surface area contributed by atoms with Crippen LogP contribution in [0.2, 0.25) is 0 Å². The van der Waals surface area contributed by atoms with Gasteiger partial charge in [-0.05, 0) is 47.0 Å². The summed E-state index contributed by atoms with van der Waals surface area (Å²) in [7, 11) is 1.69. The SMILES string of the molecule is COC1CCCN(C(=O)c2ccc(N)c(Br)c2)C1. The van der Waals surface area contributed by atoms with Crippen molar-refractivity contribution >= 4 is 27.5 Å². The molecule has 1 heterocycles. The number of amides is 1. The summed E-state index contributed by atoms with van der Waals surface area (Å²) < 4.78 is 6.09. The van der Waals surface area contributed by atoms with Crippen LogP contribution in [0.1, 0.15) is 23.2 Å². The number of nitrogen functional groups attached to an aromatic ring is 1. The van der Waals surface area contributed by atoms with E-state index in [1.54, 1.807) is 25.3 Å². The lowest BCUT2D eigenvalue weighted by molar-refractivity contribution is 0.0269. The van der Waals surface area contributed by atoms with Crippen molar-refractivity contribution in [1.29, 1.82) is 0 Å². The van der Waals surface area contributed by atoms with Crippen LogP contribution in [0.25, 0.3) is 0 Å². The molecule has 1 aliphatic heterocycles. The third kappa shape index (κ3) is 2.84. The van der Waals surface area contributed by atoms with Gasteiger partial charge in [0.15, 0.2) is 0 Å². The van der Waals surface area contributed by atoms with E-state index in [1.165, 1.54) is 0 Å². The van der Waals surface area contributed by atoms with Gasteiger partial charge in [-0.2, -0.15) is 0 Å². The third-order valence-corrected chi connectivity index (χ3v) is 3.93. The first-order valence-electron chi connectivity index (χ1n) is 5.99. The van der Waals surface area contributed by atoms with Gasteiger partial charge in [-0.15, -0.1) is 0 Å². The number of methoxy groups -OCH3 is 1. The van der Waals surface area contributed by atoms with Gasteiger partial charge in [0.25, 0.3) is 5.91 Å². The zero-order valence-corrected chi connectivity index (χ0v) is 11.9. The third-order valence-electron chi connectivity index (χ3n) is 3.25. The van der Waals surface area contributed by atoms with Crippen molar-refractivity contribution < 1.29 is 9.53 Å². The lowest BCUT2D eigenvalue weighted by atomic mass is 10.1. The average Bonchev–Trinajstić information content (AvgIpc) is 2.41. The number of carbonyl (C=O) groups is 1. The van der Waals surface area contributed by atoms with Gasteiger partial charge >= 0.3 is 0 Å². The van der Waals surface area contributed by atoms with Crippen molar-refractivity contribution in [2.24, 2.45) is 0 Å². The van der Waals surface area contributed by atoms with Crippen molar-refractivity contribution in [3.8, 4) is 0 Å². The number of anilines is 1. The fourth-order valence-electron chi connectivity index (χ4n) is 2.16. The highest BCUT2D eigenvalue weighted by molar-refractivity contribution is 9.10. The van der Waals surface area contributed by atoms with Gasteiger partial charge in [-0.25, -0.2) is 0 Å². The Kier molecular flexibility index (Phi) is 4.24. The van der Waals surface area contributed by atoms with E-state index in [9.17, 15) is 4.79 Å². The van der Waals surface area contributed by atoms with E-state index in [4.69, 9.17) is 10.5 Å². The summed E-state index contributed by atoms with van der Waals surface area (Å²) in [5, 5.41) is 0. The molecule has 0 bridgehead atoms. The number of halogens is 1. The standard InChI is InChI=1S/C13H17BrN2O2/c1-18-10-3-2-6-16(8-10)13(17)9-4-5-12(15)11(14)7-9/h4-5,7,10H,2-3,6,8,15H2,1H3. The van der Waals surface area contributed by atoms with Crippen molar-refractivity contribution in [2.45, 2.75) is 18.9 Å². The summed E-state index contributed by atoms with van der Waals surface area (Å²) in [6, 6.07) is 5.28. The van der Waals surface area contributed by atoms with E-state index in [1.807, 2.05) is 4.90 Å². The maximum Gasteiger partial charge on any atom is 0.253 e. The van der Waals surface area contributed by atoms with Gasteiger partial charge in [0, 0.05) is 35.9 Å². The number of nitrogens with two attached hydrogens (primary N) is 1. The van der Waals surface area contributed by atoms with Gasteiger partial charge in [0.2, 0.25) is 0 Å². The first kappa shape index (κ1) is 13.4. The Morgan fingerprint density at radius 2 is 2.33 bits per heavy atom. The van der Waals surface area contributed by atoms with Gasteiger partial charge in [0.1, 0.15) is 0 Å². The average molecular weight is 313 g/mol. The fraction of sp³-hybridized carbons (Fsp3) is 0.462. The Morgan fingerprint density at radius 1 is 1.56 bits per heavy atom. The van der Waals surface area contributed by atoms with E-state index in [0.717, 1.165) is 23.9 Å². The summed E-state index contributed by atoms with van der Waals surface area (Å²) in [5.41, 5.74) is 7.02. The minimum atomic E-state index is 0.0393. The van der Waals surface area contributed by atoms with E-state index in [0.29, 0.717) is 17.8 Å². The number of rotatable bonds is 2. The molecule has 1 fully saturated rings. The number of hydrogen-bond donors (Lipinski definition) is 1. The van der Waals surface area contributed by atoms with Crippen LogP contribution in [0.4, 0.5) is 5.69 Å². The zero-order chi connectivity index (χ0) is 13.1. The molecule has 2 N–H and O–H groups in total. The van der Waals surface area contributed by atoms with E-state index in [2.05, 4.69) is 15.9 Å². The molecule has 1 amide bonds. The van der Waals surface area contributed by atoms with Crippen LogP contribution < -0.4 is 5.73 Å². The first-order chi connectivity index (χ1) is 8.61. The summed E-state index contributed by atoms with van der Waals surface area (Å²) in [5.74, 6) is 0.0393. The van der Waals surface area contributed by atoms with E-state index in [-0.39, 0.29) is 12.0 Å². The van der Waals surface area contributed by atoms with Crippen LogP contribution >= 0.6 is 15.9 Å². The molecule has 1 unspecified atom stereocenters. The molecule has 0 spiro atoms. The number of benzene rings is 1. The Balaban J connectivity index is 2.12. The molecular formula is C13H17BrN2O2. The molecule has 0 saturated carbocycles. The van der Waals surface area contributed by atoms with E-state index < -0.39 is 0 Å². The number of piperidine rings is 1. The summed E-state index contributed by atoms with van der Waals surface area (Å²) >= 11 is 3.34. The second kappa shape index (κ2) is 5.71. The van der Waals surface area contributed by atoms with Crippen LogP contribution in [0.15, 0.2) is 22.7 Å². The van der Waals surface area contributed by atoms with E-state index >= 15 is 0 Å². The van der Waals surface area contributed by atoms with Crippen LogP contribution in [-0.4, -0.2) is 37.1 Å². The second-order valence-electron chi connectivity index (χ2n) is 4.49. The Labute approximate surface area is 115 Å². The Bertz CT molecular complexity index is 451. The van der Waals surface area contributed by atoms with Gasteiger partial charge < -0.3 is 15.4 Å². The molecule has 0 aromatic heterocycles. The minimum Gasteiger partial charge on any atom is -0.398 e. The molecule has 2 rings (SSSR count). The summed E-state index contributed by atoms with van der Waals surface area (Å²) in [6.45, 7) is 1.46. The number of carbonyl (C=O) groups excluding carboxylic acids is 1. The van der Waals surface area contributed by atoms with Gasteiger partial charge in [-0.1, -0.05) is 0 Å². The summed E-state index contributed by atoms with van der Waals surface area (Å²) in [4.78, 5) is 14.2. The zero-order valence-electron chi connectivity index (χ0n) is 10.4. The molecule has 1 aliphatic rings. The second-order valence-corrected chi connectivity index (χ2v) is 5.34. The Hall–Kier alpha value is -1.07. The Morgan fingerprint density at radius 3 is 3.00 bits per heavy atom. The lowest BCUT2D eigenvalue weighted by Crippen LogP contribution is -2.42. The van der Waals surface area contributed by atoms with Crippen LogP contribution in [-0.2, 0) is 4.74 Å². The predicted molar refractivity (Wildman–Crippen MR) is 74.5 cm³/mol. The highest BCUT2D eigenvalue weighted by atomic mass is 79.9.